The van der Waals surface area contributed by atoms with Gasteiger partial charge in [-0.05, 0) is 13.8 Å². The summed E-state index contributed by atoms with van der Waals surface area (Å²) in [4.78, 5) is 21.3. The van der Waals surface area contributed by atoms with E-state index in [1.165, 1.54) is 11.9 Å². The van der Waals surface area contributed by atoms with Crippen molar-refractivity contribution in [2.45, 2.75) is 25.6 Å². The number of nitrogens with one attached hydrogen (secondary N) is 2. The fourth-order valence-corrected chi connectivity index (χ4v) is 0.871. The number of rotatable bonds is 5. The number of carbonyl (C=O) groups excluding carboxylic acids is 2. The third kappa shape index (κ3) is 5.56. The van der Waals surface area contributed by atoms with Gasteiger partial charge in [0.2, 0.25) is 11.8 Å². The minimum absolute atomic E-state index is 0.225. The Kier molecular flexibility index (Phi) is 5.56. The van der Waals surface area contributed by atoms with Crippen LogP contribution >= 0.6 is 11.6 Å². The first-order valence-electron chi connectivity index (χ1n) is 4.50. The van der Waals surface area contributed by atoms with Crippen molar-refractivity contribution in [3.05, 3.63) is 0 Å². The van der Waals surface area contributed by atoms with Crippen LogP contribution in [-0.4, -0.2) is 34.8 Å². The molecule has 0 aliphatic rings. The zero-order valence-electron chi connectivity index (χ0n) is 9.13. The van der Waals surface area contributed by atoms with Gasteiger partial charge in [-0.3, -0.25) is 20.4 Å². The lowest BCUT2D eigenvalue weighted by Crippen LogP contribution is -2.50. The Balaban J connectivity index is 3.89. The molecule has 6 nitrogen and oxygen atoms in total. The summed E-state index contributed by atoms with van der Waals surface area (Å²) in [6.07, 6.45) is 0. The predicted molar refractivity (Wildman–Crippen MR) is 57.7 cm³/mol. The molecule has 0 bridgehead atoms. The van der Waals surface area contributed by atoms with Crippen LogP contribution in [0.15, 0.2) is 0 Å². The Morgan fingerprint density at radius 2 is 2.00 bits per heavy atom. The maximum Gasteiger partial charge on any atom is 0.240 e. The minimum Gasteiger partial charge on any atom is -0.353 e. The van der Waals surface area contributed by atoms with Crippen molar-refractivity contribution in [3.8, 4) is 0 Å². The molecule has 0 aromatic carbocycles. The lowest BCUT2D eigenvalue weighted by molar-refractivity contribution is -0.132. The highest BCUT2D eigenvalue weighted by molar-refractivity contribution is 6.34. The number of nitrogens with two attached hydrogens (primary N) is 1. The second-order valence-corrected chi connectivity index (χ2v) is 4.47. The fourth-order valence-electron chi connectivity index (χ4n) is 0.804. The van der Waals surface area contributed by atoms with Crippen LogP contribution in [0.4, 0.5) is 0 Å². The molecule has 0 fully saturated rings. The van der Waals surface area contributed by atoms with Crippen LogP contribution in [0.2, 0.25) is 0 Å². The fraction of sp³-hybridized carbons (Fsp3) is 0.750. The van der Waals surface area contributed by atoms with Gasteiger partial charge in [0.15, 0.2) is 0 Å². The van der Waals surface area contributed by atoms with Crippen LogP contribution in [0.5, 0.6) is 0 Å². The van der Waals surface area contributed by atoms with Crippen molar-refractivity contribution in [1.29, 1.82) is 0 Å². The first kappa shape index (κ1) is 14.2. The molecule has 7 heteroatoms. The number of alkyl halides is 1. The molecule has 0 radical (unpaired) electrons. The van der Waals surface area contributed by atoms with Gasteiger partial charge in [0.25, 0.3) is 0 Å². The van der Waals surface area contributed by atoms with Crippen molar-refractivity contribution in [1.82, 2.24) is 15.9 Å². The number of hydrazine groups is 2. The molecule has 4 N–H and O–H groups in total. The molecule has 0 aliphatic heterocycles. The largest absolute Gasteiger partial charge is 0.353 e. The number of hydrogen-bond donors (Lipinski definition) is 3. The van der Waals surface area contributed by atoms with E-state index in [-0.39, 0.29) is 18.4 Å². The van der Waals surface area contributed by atoms with Crippen molar-refractivity contribution in [2.75, 3.05) is 13.1 Å². The summed E-state index contributed by atoms with van der Waals surface area (Å²) < 4.78 is 0. The third-order valence-electron chi connectivity index (χ3n) is 1.70. The average molecular weight is 237 g/mol. The molecule has 0 saturated carbocycles. The molecule has 0 heterocycles. The molecule has 0 aliphatic carbocycles. The Bertz CT molecular complexity index is 239. The van der Waals surface area contributed by atoms with Gasteiger partial charge in [0, 0.05) is 13.5 Å². The van der Waals surface area contributed by atoms with Gasteiger partial charge >= 0.3 is 0 Å². The quantitative estimate of drug-likeness (QED) is 0.336. The van der Waals surface area contributed by atoms with E-state index in [9.17, 15) is 9.59 Å². The molecule has 0 unspecified atom stereocenters. The van der Waals surface area contributed by atoms with Crippen LogP contribution in [0.3, 0.4) is 0 Å². The van der Waals surface area contributed by atoms with Gasteiger partial charge < -0.3 is 5.32 Å². The summed E-state index contributed by atoms with van der Waals surface area (Å²) in [7, 11) is 0. The first-order chi connectivity index (χ1) is 6.79. The summed E-state index contributed by atoms with van der Waals surface area (Å²) in [6, 6.07) is 0. The maximum atomic E-state index is 11.3. The summed E-state index contributed by atoms with van der Waals surface area (Å²) >= 11 is 5.76. The molecule has 0 spiro atoms. The van der Waals surface area contributed by atoms with E-state index in [1.54, 1.807) is 13.8 Å². The highest BCUT2D eigenvalue weighted by Crippen LogP contribution is 2.11. The van der Waals surface area contributed by atoms with Crippen LogP contribution in [0.1, 0.15) is 20.8 Å². The van der Waals surface area contributed by atoms with Gasteiger partial charge in [-0.25, -0.2) is 0 Å². The molecule has 2 amide bonds. The summed E-state index contributed by atoms with van der Waals surface area (Å²) in [5, 5.41) is 3.76. The van der Waals surface area contributed by atoms with Crippen molar-refractivity contribution in [2.24, 2.45) is 5.84 Å². The molecule has 15 heavy (non-hydrogen) atoms. The number of amides is 2. The van der Waals surface area contributed by atoms with Crippen molar-refractivity contribution < 1.29 is 9.59 Å². The highest BCUT2D eigenvalue weighted by Gasteiger charge is 2.23. The SMILES string of the molecule is CC(=O)N(CCNC(=O)C(C)(C)Cl)NN. The van der Waals surface area contributed by atoms with Gasteiger partial charge in [-0.15, -0.1) is 11.6 Å². The Morgan fingerprint density at radius 1 is 1.47 bits per heavy atom. The smallest absolute Gasteiger partial charge is 0.240 e. The van der Waals surface area contributed by atoms with Gasteiger partial charge in [-0.1, -0.05) is 0 Å². The number of nitrogens with zero attached hydrogens (tertiary/aromatic N) is 1. The van der Waals surface area contributed by atoms with Crippen molar-refractivity contribution in [3.63, 3.8) is 0 Å². The lowest BCUT2D eigenvalue weighted by atomic mass is 10.2. The zero-order chi connectivity index (χ0) is 12.1. The molecule has 0 aromatic heterocycles. The van der Waals surface area contributed by atoms with Crippen LogP contribution < -0.4 is 16.7 Å². The lowest BCUT2D eigenvalue weighted by Gasteiger charge is -2.20. The van der Waals surface area contributed by atoms with Crippen LogP contribution in [0.25, 0.3) is 0 Å². The average Bonchev–Trinajstić information content (AvgIpc) is 2.09. The van der Waals surface area contributed by atoms with Crippen LogP contribution in [0, 0.1) is 0 Å². The predicted octanol–water partition coefficient (Wildman–Crippen LogP) is -0.653. The zero-order valence-corrected chi connectivity index (χ0v) is 9.89. The Morgan fingerprint density at radius 3 is 2.33 bits per heavy atom. The summed E-state index contributed by atoms with van der Waals surface area (Å²) in [6.45, 7) is 5.12. The van der Waals surface area contributed by atoms with Crippen LogP contribution in [-0.2, 0) is 9.59 Å². The molecule has 0 rings (SSSR count). The molecule has 88 valence electrons. The summed E-state index contributed by atoms with van der Waals surface area (Å²) in [5.41, 5.74) is 2.21. The minimum atomic E-state index is -0.947. The standard InChI is InChI=1S/C8H17ClN4O2/c1-6(14)13(12-10)5-4-11-7(15)8(2,3)9/h12H,4-5,10H2,1-3H3,(H,11,15). The maximum absolute atomic E-state index is 11.3. The second-order valence-electron chi connectivity index (χ2n) is 3.53. The van der Waals surface area contributed by atoms with E-state index in [0.29, 0.717) is 6.54 Å². The first-order valence-corrected chi connectivity index (χ1v) is 4.88. The number of carbonyl (C=O) groups is 2. The van der Waals surface area contributed by atoms with Gasteiger partial charge in [0.1, 0.15) is 4.87 Å². The second kappa shape index (κ2) is 5.89. The summed E-state index contributed by atoms with van der Waals surface area (Å²) in [5.74, 6) is 4.58. The van der Waals surface area contributed by atoms with Gasteiger partial charge in [-0.2, -0.15) is 5.53 Å². The van der Waals surface area contributed by atoms with Crippen molar-refractivity contribution >= 4 is 23.4 Å². The third-order valence-corrected chi connectivity index (χ3v) is 1.87. The monoisotopic (exact) mass is 236 g/mol. The molecular weight excluding hydrogens is 220 g/mol. The Labute approximate surface area is 94.1 Å². The Hall–Kier alpha value is -0.850. The normalized spacial score (nSPS) is 11.0. The van der Waals surface area contributed by atoms with E-state index < -0.39 is 4.87 Å². The number of hydrogen-bond acceptors (Lipinski definition) is 4. The molecular formula is C8H17ClN4O2. The molecule has 0 aromatic rings. The molecule has 0 atom stereocenters. The number of halogens is 1. The topological polar surface area (TPSA) is 87.5 Å². The van der Waals surface area contributed by atoms with E-state index >= 15 is 0 Å². The van der Waals surface area contributed by atoms with E-state index in [0.717, 1.165) is 0 Å². The van der Waals surface area contributed by atoms with E-state index in [1.807, 2.05) is 0 Å². The van der Waals surface area contributed by atoms with E-state index in [2.05, 4.69) is 10.9 Å². The van der Waals surface area contributed by atoms with Gasteiger partial charge in [0.05, 0.1) is 6.54 Å². The highest BCUT2D eigenvalue weighted by atomic mass is 35.5. The van der Waals surface area contributed by atoms with E-state index in [4.69, 9.17) is 17.4 Å². The molecule has 0 saturated heterocycles.